The third-order valence-electron chi connectivity index (χ3n) is 2.91. The summed E-state index contributed by atoms with van der Waals surface area (Å²) in [5.41, 5.74) is 3.48. The molecular formula is C14H11ClN2O. The summed E-state index contributed by atoms with van der Waals surface area (Å²) in [6.45, 7) is 1.96. The van der Waals surface area contributed by atoms with Crippen LogP contribution in [-0.2, 0) is 0 Å². The first-order chi connectivity index (χ1) is 8.65. The number of imidazole rings is 1. The summed E-state index contributed by atoms with van der Waals surface area (Å²) in [5, 5.41) is 10.1. The van der Waals surface area contributed by atoms with Crippen molar-refractivity contribution in [3.05, 3.63) is 47.0 Å². The zero-order valence-electron chi connectivity index (χ0n) is 9.74. The predicted octanol–water partition coefficient (Wildman–Crippen LogP) is 3.90. The van der Waals surface area contributed by atoms with Crippen LogP contribution in [0.3, 0.4) is 0 Å². The molecule has 0 atom stereocenters. The van der Waals surface area contributed by atoms with E-state index in [1.807, 2.05) is 25.1 Å². The molecule has 0 fully saturated rings. The fourth-order valence-corrected chi connectivity index (χ4v) is 2.17. The highest BCUT2D eigenvalue weighted by molar-refractivity contribution is 6.34. The predicted molar refractivity (Wildman–Crippen MR) is 72.9 cm³/mol. The number of fused-ring (bicyclic) bond motifs is 1. The Morgan fingerprint density at radius 3 is 2.89 bits per heavy atom. The number of H-pyrrole nitrogens is 1. The third-order valence-corrected chi connectivity index (χ3v) is 3.41. The summed E-state index contributed by atoms with van der Waals surface area (Å²) in [7, 11) is 0. The number of aromatic nitrogens is 2. The van der Waals surface area contributed by atoms with Crippen LogP contribution in [0.15, 0.2) is 36.4 Å². The molecule has 18 heavy (non-hydrogen) atoms. The molecule has 3 rings (SSSR count). The lowest BCUT2D eigenvalue weighted by molar-refractivity contribution is 0.476. The number of benzene rings is 2. The van der Waals surface area contributed by atoms with Gasteiger partial charge in [0.15, 0.2) is 0 Å². The number of rotatable bonds is 1. The van der Waals surface area contributed by atoms with Gasteiger partial charge < -0.3 is 10.1 Å². The number of phenols is 1. The number of aromatic hydroxyl groups is 1. The van der Waals surface area contributed by atoms with Crippen molar-refractivity contribution in [2.75, 3.05) is 0 Å². The molecule has 2 aromatic carbocycles. The van der Waals surface area contributed by atoms with Gasteiger partial charge in [-0.3, -0.25) is 0 Å². The van der Waals surface area contributed by atoms with E-state index in [1.54, 1.807) is 18.2 Å². The second kappa shape index (κ2) is 4.03. The van der Waals surface area contributed by atoms with Crippen molar-refractivity contribution in [1.29, 1.82) is 0 Å². The SMILES string of the molecule is Cc1cccc(-c2nc3ccc(O)cc3[nH]2)c1Cl. The van der Waals surface area contributed by atoms with Crippen LogP contribution in [0, 0.1) is 6.92 Å². The first-order valence-corrected chi connectivity index (χ1v) is 5.97. The van der Waals surface area contributed by atoms with E-state index in [1.165, 1.54) is 0 Å². The molecule has 4 heteroatoms. The topological polar surface area (TPSA) is 48.9 Å². The van der Waals surface area contributed by atoms with Crippen molar-refractivity contribution in [3.8, 4) is 17.1 Å². The zero-order valence-corrected chi connectivity index (χ0v) is 10.5. The molecule has 0 unspecified atom stereocenters. The molecule has 0 bridgehead atoms. The van der Waals surface area contributed by atoms with Gasteiger partial charge in [-0.1, -0.05) is 23.7 Å². The quantitative estimate of drug-likeness (QED) is 0.695. The summed E-state index contributed by atoms with van der Waals surface area (Å²) in [4.78, 5) is 7.64. The summed E-state index contributed by atoms with van der Waals surface area (Å²) >= 11 is 6.28. The first kappa shape index (κ1) is 11.1. The van der Waals surface area contributed by atoms with Crippen LogP contribution in [0.2, 0.25) is 5.02 Å². The monoisotopic (exact) mass is 258 g/mol. The van der Waals surface area contributed by atoms with Gasteiger partial charge >= 0.3 is 0 Å². The van der Waals surface area contributed by atoms with Crippen molar-refractivity contribution in [3.63, 3.8) is 0 Å². The van der Waals surface area contributed by atoms with E-state index in [2.05, 4.69) is 9.97 Å². The lowest BCUT2D eigenvalue weighted by Gasteiger charge is -2.02. The largest absolute Gasteiger partial charge is 0.508 e. The van der Waals surface area contributed by atoms with E-state index in [4.69, 9.17) is 11.6 Å². The van der Waals surface area contributed by atoms with Crippen molar-refractivity contribution in [1.82, 2.24) is 9.97 Å². The Bertz CT molecular complexity index is 734. The van der Waals surface area contributed by atoms with Crippen LogP contribution in [0.25, 0.3) is 22.4 Å². The lowest BCUT2D eigenvalue weighted by atomic mass is 10.1. The molecule has 0 aliphatic heterocycles. The number of nitrogens with one attached hydrogen (secondary N) is 1. The van der Waals surface area contributed by atoms with Gasteiger partial charge in [-0.25, -0.2) is 4.98 Å². The van der Waals surface area contributed by atoms with Gasteiger partial charge in [0.1, 0.15) is 11.6 Å². The summed E-state index contributed by atoms with van der Waals surface area (Å²) < 4.78 is 0. The molecule has 0 saturated heterocycles. The van der Waals surface area contributed by atoms with Crippen LogP contribution in [0.1, 0.15) is 5.56 Å². The van der Waals surface area contributed by atoms with Gasteiger partial charge in [-0.05, 0) is 30.7 Å². The Balaban J connectivity index is 2.22. The van der Waals surface area contributed by atoms with Crippen LogP contribution in [0.4, 0.5) is 0 Å². The van der Waals surface area contributed by atoms with Gasteiger partial charge in [-0.2, -0.15) is 0 Å². The van der Waals surface area contributed by atoms with Gasteiger partial charge in [0, 0.05) is 11.6 Å². The highest BCUT2D eigenvalue weighted by atomic mass is 35.5. The van der Waals surface area contributed by atoms with Crippen molar-refractivity contribution < 1.29 is 5.11 Å². The highest BCUT2D eigenvalue weighted by Gasteiger charge is 2.10. The molecule has 0 radical (unpaired) electrons. The number of aromatic amines is 1. The number of nitrogens with zero attached hydrogens (tertiary/aromatic N) is 1. The molecule has 0 saturated carbocycles. The maximum atomic E-state index is 9.43. The Morgan fingerprint density at radius 1 is 1.22 bits per heavy atom. The third kappa shape index (κ3) is 1.73. The second-order valence-corrected chi connectivity index (χ2v) is 4.60. The zero-order chi connectivity index (χ0) is 12.7. The number of hydrogen-bond acceptors (Lipinski definition) is 2. The molecule has 3 aromatic rings. The molecule has 0 spiro atoms. The van der Waals surface area contributed by atoms with E-state index in [0.29, 0.717) is 10.8 Å². The molecule has 2 N–H and O–H groups in total. The fourth-order valence-electron chi connectivity index (χ4n) is 1.96. The summed E-state index contributed by atoms with van der Waals surface area (Å²) in [6.07, 6.45) is 0. The van der Waals surface area contributed by atoms with Crippen molar-refractivity contribution in [2.45, 2.75) is 6.92 Å². The summed E-state index contributed by atoms with van der Waals surface area (Å²) in [5.74, 6) is 0.928. The van der Waals surface area contributed by atoms with Crippen molar-refractivity contribution in [2.24, 2.45) is 0 Å². The molecule has 0 amide bonds. The van der Waals surface area contributed by atoms with Gasteiger partial charge in [0.05, 0.1) is 16.1 Å². The van der Waals surface area contributed by atoms with Gasteiger partial charge in [-0.15, -0.1) is 0 Å². The second-order valence-electron chi connectivity index (χ2n) is 4.22. The Morgan fingerprint density at radius 2 is 2.06 bits per heavy atom. The standard InChI is InChI=1S/C14H11ClN2O/c1-8-3-2-4-10(13(8)15)14-16-11-6-5-9(18)7-12(11)17-14/h2-7,18H,1H3,(H,16,17). The normalized spacial score (nSPS) is 11.0. The molecule has 0 aliphatic rings. The van der Waals surface area contributed by atoms with Gasteiger partial charge in [0.25, 0.3) is 0 Å². The highest BCUT2D eigenvalue weighted by Crippen LogP contribution is 2.30. The molecule has 1 heterocycles. The van der Waals surface area contributed by atoms with Crippen molar-refractivity contribution >= 4 is 22.6 Å². The van der Waals surface area contributed by atoms with E-state index in [0.717, 1.165) is 22.2 Å². The van der Waals surface area contributed by atoms with Crippen LogP contribution in [0.5, 0.6) is 5.75 Å². The van der Waals surface area contributed by atoms with E-state index in [9.17, 15) is 5.11 Å². The smallest absolute Gasteiger partial charge is 0.140 e. The minimum Gasteiger partial charge on any atom is -0.508 e. The first-order valence-electron chi connectivity index (χ1n) is 5.59. The molecule has 0 aliphatic carbocycles. The summed E-state index contributed by atoms with van der Waals surface area (Å²) in [6, 6.07) is 10.9. The average molecular weight is 259 g/mol. The van der Waals surface area contributed by atoms with E-state index < -0.39 is 0 Å². The van der Waals surface area contributed by atoms with Crippen LogP contribution in [-0.4, -0.2) is 15.1 Å². The molecular weight excluding hydrogens is 248 g/mol. The maximum absolute atomic E-state index is 9.43. The molecule has 90 valence electrons. The Hall–Kier alpha value is -2.00. The maximum Gasteiger partial charge on any atom is 0.140 e. The minimum atomic E-state index is 0.216. The minimum absolute atomic E-state index is 0.216. The van der Waals surface area contributed by atoms with E-state index in [-0.39, 0.29) is 5.75 Å². The number of aryl methyl sites for hydroxylation is 1. The van der Waals surface area contributed by atoms with Gasteiger partial charge in [0.2, 0.25) is 0 Å². The number of phenolic OH excluding ortho intramolecular Hbond substituents is 1. The number of hydrogen-bond donors (Lipinski definition) is 2. The molecule has 3 nitrogen and oxygen atoms in total. The van der Waals surface area contributed by atoms with E-state index >= 15 is 0 Å². The van der Waals surface area contributed by atoms with Crippen LogP contribution < -0.4 is 0 Å². The Labute approximate surface area is 109 Å². The fraction of sp³-hybridized carbons (Fsp3) is 0.0714. The average Bonchev–Trinajstić information content (AvgIpc) is 2.75. The lowest BCUT2D eigenvalue weighted by Crippen LogP contribution is -1.84. The Kier molecular flexibility index (Phi) is 2.49. The number of halogens is 1. The van der Waals surface area contributed by atoms with Crippen LogP contribution >= 0.6 is 11.6 Å². The molecule has 1 aromatic heterocycles.